The topological polar surface area (TPSA) is 35.0 Å². The lowest BCUT2D eigenvalue weighted by molar-refractivity contribution is 0.448. The van der Waals surface area contributed by atoms with Crippen LogP contribution in [0.3, 0.4) is 0 Å². The summed E-state index contributed by atoms with van der Waals surface area (Å²) in [5.74, 6) is 1.82. The molecule has 1 radical (unpaired) electrons. The third-order valence-electron chi connectivity index (χ3n) is 2.69. The van der Waals surface area contributed by atoms with E-state index in [9.17, 15) is 0 Å². The second kappa shape index (κ2) is 4.34. The summed E-state index contributed by atoms with van der Waals surface area (Å²) in [6.45, 7) is 0. The number of benzene rings is 1. The number of hydrogen-bond acceptors (Lipinski definition) is 3. The summed E-state index contributed by atoms with van der Waals surface area (Å²) in [6, 6.07) is 12.4. The molecule has 0 N–H and O–H groups in total. The van der Waals surface area contributed by atoms with Gasteiger partial charge >= 0.3 is 0 Å². The van der Waals surface area contributed by atoms with Crippen molar-refractivity contribution in [1.82, 2.24) is 10.2 Å². The van der Waals surface area contributed by atoms with Gasteiger partial charge in [0.2, 0.25) is 5.88 Å². The number of halogens is 1. The predicted octanol–water partition coefficient (Wildman–Crippen LogP) is 3.60. The zero-order chi connectivity index (χ0) is 11.7. The molecular weight excluding hydrogens is 236 g/mol. The number of nitrogens with zero attached hydrogens (tertiary/aromatic N) is 2. The van der Waals surface area contributed by atoms with Crippen molar-refractivity contribution in [1.29, 1.82) is 0 Å². The molecule has 1 fully saturated rings. The van der Waals surface area contributed by atoms with Crippen molar-refractivity contribution in [2.45, 2.75) is 18.8 Å². The highest BCUT2D eigenvalue weighted by Crippen LogP contribution is 2.44. The molecule has 2 aromatic rings. The van der Waals surface area contributed by atoms with Gasteiger partial charge in [0.15, 0.2) is 5.15 Å². The maximum Gasteiger partial charge on any atom is 0.247 e. The van der Waals surface area contributed by atoms with Crippen LogP contribution in [0.5, 0.6) is 11.6 Å². The molecule has 17 heavy (non-hydrogen) atoms. The molecular formula is C13H10ClN2O. The smallest absolute Gasteiger partial charge is 0.247 e. The number of rotatable bonds is 3. The van der Waals surface area contributed by atoms with Gasteiger partial charge in [0.1, 0.15) is 5.75 Å². The van der Waals surface area contributed by atoms with Crippen LogP contribution in [0.4, 0.5) is 0 Å². The number of aromatic nitrogens is 2. The van der Waals surface area contributed by atoms with Crippen LogP contribution in [0, 0.1) is 6.07 Å². The van der Waals surface area contributed by atoms with Crippen LogP contribution in [0.2, 0.25) is 5.15 Å². The molecule has 1 heterocycles. The molecule has 1 aliphatic carbocycles. The SMILES string of the molecule is Clc1c[c]c(Oc2ccccc2C2CC2)nn1. The predicted molar refractivity (Wildman–Crippen MR) is 64.4 cm³/mol. The Morgan fingerprint density at radius 3 is 2.76 bits per heavy atom. The van der Waals surface area contributed by atoms with E-state index in [2.05, 4.69) is 22.3 Å². The second-order valence-corrected chi connectivity index (χ2v) is 4.42. The summed E-state index contributed by atoms with van der Waals surface area (Å²) in [6.07, 6.45) is 2.47. The minimum Gasteiger partial charge on any atom is -0.437 e. The molecule has 0 amide bonds. The fraction of sp³-hybridized carbons (Fsp3) is 0.231. The van der Waals surface area contributed by atoms with Gasteiger partial charge in [0.25, 0.3) is 0 Å². The Balaban J connectivity index is 1.87. The van der Waals surface area contributed by atoms with Crippen molar-refractivity contribution in [2.75, 3.05) is 0 Å². The van der Waals surface area contributed by atoms with Crippen molar-refractivity contribution in [2.24, 2.45) is 0 Å². The normalized spacial score (nSPS) is 14.6. The van der Waals surface area contributed by atoms with Crippen LogP contribution in [0.1, 0.15) is 24.3 Å². The van der Waals surface area contributed by atoms with Crippen LogP contribution in [0.15, 0.2) is 30.3 Å². The summed E-state index contributed by atoms with van der Waals surface area (Å²) >= 11 is 5.65. The van der Waals surface area contributed by atoms with E-state index >= 15 is 0 Å². The van der Waals surface area contributed by atoms with E-state index in [-0.39, 0.29) is 0 Å². The molecule has 1 saturated carbocycles. The van der Waals surface area contributed by atoms with Gasteiger partial charge in [-0.3, -0.25) is 0 Å². The maximum absolute atomic E-state index is 5.68. The Morgan fingerprint density at radius 1 is 1.24 bits per heavy atom. The fourth-order valence-corrected chi connectivity index (χ4v) is 1.82. The first-order chi connectivity index (χ1) is 8.33. The highest BCUT2D eigenvalue weighted by atomic mass is 35.5. The first-order valence-electron chi connectivity index (χ1n) is 5.50. The van der Waals surface area contributed by atoms with Gasteiger partial charge in [-0.2, -0.15) is 0 Å². The van der Waals surface area contributed by atoms with Crippen LogP contribution < -0.4 is 4.74 Å². The summed E-state index contributed by atoms with van der Waals surface area (Å²) in [4.78, 5) is 0. The summed E-state index contributed by atoms with van der Waals surface area (Å²) in [7, 11) is 0. The maximum atomic E-state index is 5.68. The largest absolute Gasteiger partial charge is 0.437 e. The Hall–Kier alpha value is -1.61. The molecule has 3 nitrogen and oxygen atoms in total. The molecule has 0 atom stereocenters. The highest BCUT2D eigenvalue weighted by molar-refractivity contribution is 6.29. The molecule has 1 aromatic heterocycles. The number of hydrogen-bond donors (Lipinski definition) is 0. The molecule has 1 aromatic carbocycles. The van der Waals surface area contributed by atoms with Crippen molar-refractivity contribution in [3.8, 4) is 11.6 Å². The number of ether oxygens (including phenoxy) is 1. The molecule has 3 rings (SSSR count). The van der Waals surface area contributed by atoms with Gasteiger partial charge in [0.05, 0.1) is 6.07 Å². The third-order valence-corrected chi connectivity index (χ3v) is 2.88. The van der Waals surface area contributed by atoms with Crippen LogP contribution in [0.25, 0.3) is 0 Å². The highest BCUT2D eigenvalue weighted by Gasteiger charge is 2.26. The number of para-hydroxylation sites is 1. The fourth-order valence-electron chi connectivity index (χ4n) is 1.73. The molecule has 1 aliphatic rings. The van der Waals surface area contributed by atoms with Crippen molar-refractivity contribution < 1.29 is 4.74 Å². The van der Waals surface area contributed by atoms with Crippen LogP contribution >= 0.6 is 11.6 Å². The lowest BCUT2D eigenvalue weighted by atomic mass is 10.1. The molecule has 0 spiro atoms. The molecule has 0 aliphatic heterocycles. The molecule has 0 unspecified atom stereocenters. The summed E-state index contributed by atoms with van der Waals surface area (Å²) in [5, 5.41) is 7.87. The van der Waals surface area contributed by atoms with E-state index in [1.54, 1.807) is 6.07 Å². The first kappa shape index (κ1) is 10.5. The van der Waals surface area contributed by atoms with E-state index in [1.165, 1.54) is 18.4 Å². The standard InChI is InChI=1S/C13H10ClN2O/c14-12-7-8-13(16-15-12)17-11-4-2-1-3-10(11)9-5-6-9/h1-4,7,9H,5-6H2. The molecule has 0 saturated heterocycles. The summed E-state index contributed by atoms with van der Waals surface area (Å²) in [5.41, 5.74) is 1.23. The van der Waals surface area contributed by atoms with Crippen molar-refractivity contribution in [3.05, 3.63) is 47.1 Å². The van der Waals surface area contributed by atoms with Gasteiger partial charge in [0, 0.05) is 0 Å². The van der Waals surface area contributed by atoms with Gasteiger partial charge in [-0.1, -0.05) is 29.8 Å². The Kier molecular flexibility index (Phi) is 2.69. The van der Waals surface area contributed by atoms with E-state index in [1.807, 2.05) is 18.2 Å². The van der Waals surface area contributed by atoms with Gasteiger partial charge in [-0.25, -0.2) is 0 Å². The lowest BCUT2D eigenvalue weighted by Gasteiger charge is -2.08. The third kappa shape index (κ3) is 2.39. The quantitative estimate of drug-likeness (QED) is 0.829. The minimum absolute atomic E-state index is 0.313. The molecule has 85 valence electrons. The van der Waals surface area contributed by atoms with E-state index in [0.717, 1.165) is 5.75 Å². The van der Waals surface area contributed by atoms with E-state index < -0.39 is 0 Å². The first-order valence-corrected chi connectivity index (χ1v) is 5.88. The zero-order valence-electron chi connectivity index (χ0n) is 9.06. The zero-order valence-corrected chi connectivity index (χ0v) is 9.81. The average Bonchev–Trinajstić information content (AvgIpc) is 3.17. The summed E-state index contributed by atoms with van der Waals surface area (Å²) < 4.78 is 5.68. The van der Waals surface area contributed by atoms with Crippen LogP contribution in [-0.2, 0) is 0 Å². The van der Waals surface area contributed by atoms with E-state index in [4.69, 9.17) is 16.3 Å². The van der Waals surface area contributed by atoms with Crippen molar-refractivity contribution in [3.63, 3.8) is 0 Å². The Labute approximate surface area is 104 Å². The average molecular weight is 246 g/mol. The van der Waals surface area contributed by atoms with Gasteiger partial charge < -0.3 is 4.74 Å². The van der Waals surface area contributed by atoms with Gasteiger partial charge in [-0.15, -0.1) is 10.2 Å². The van der Waals surface area contributed by atoms with Crippen LogP contribution in [-0.4, -0.2) is 10.2 Å². The molecule has 0 bridgehead atoms. The Morgan fingerprint density at radius 2 is 2.06 bits per heavy atom. The minimum atomic E-state index is 0.313. The van der Waals surface area contributed by atoms with E-state index in [0.29, 0.717) is 17.0 Å². The van der Waals surface area contributed by atoms with Gasteiger partial charge in [-0.05, 0) is 36.5 Å². The lowest BCUT2D eigenvalue weighted by Crippen LogP contribution is -1.93. The van der Waals surface area contributed by atoms with Crippen molar-refractivity contribution >= 4 is 11.6 Å². The molecule has 4 heteroatoms. The Bertz CT molecular complexity index is 523. The second-order valence-electron chi connectivity index (χ2n) is 4.03. The monoisotopic (exact) mass is 245 g/mol.